The Morgan fingerprint density at radius 1 is 0.893 bits per heavy atom. The summed E-state index contributed by atoms with van der Waals surface area (Å²) in [7, 11) is 0. The maximum Gasteiger partial charge on any atom is 0.247 e. The van der Waals surface area contributed by atoms with Crippen molar-refractivity contribution in [3.8, 4) is 0 Å². The fraction of sp³-hybridized carbons (Fsp3) is 0.524. The van der Waals surface area contributed by atoms with Gasteiger partial charge < -0.3 is 4.98 Å². The van der Waals surface area contributed by atoms with E-state index < -0.39 is 0 Å². The molecule has 0 saturated carbocycles. The number of hydrogen-bond acceptors (Lipinski definition) is 4. The number of H-pyrrole nitrogens is 1. The van der Waals surface area contributed by atoms with Gasteiger partial charge in [-0.3, -0.25) is 14.6 Å². The summed E-state index contributed by atoms with van der Waals surface area (Å²) in [5.74, 6) is 0. The molecule has 2 aliphatic rings. The standard InChI is InChI=1S/C10H13ClN2.C10H14N2O.CH4.ClH/c11-10-4-3-9(7-12-10)8-13-5-1-2-6-13;13-10-4-3-9(7-11-10)8-12-5-1-2-6-12;;/h3-4,7H,1-2,5-6,8H2;3-4,7H,1-2,5-6,8H2,(H,11,13);1H4;1H. The van der Waals surface area contributed by atoms with E-state index in [1.54, 1.807) is 12.3 Å². The molecule has 0 aromatic carbocycles. The molecule has 2 aromatic heterocycles. The first-order chi connectivity index (χ1) is 12.7. The van der Waals surface area contributed by atoms with E-state index in [4.69, 9.17) is 11.6 Å². The van der Waals surface area contributed by atoms with Gasteiger partial charge in [0.1, 0.15) is 5.15 Å². The Bertz CT molecular complexity index is 703. The number of likely N-dealkylation sites (tertiary alicyclic amines) is 2. The second-order valence-electron chi connectivity index (χ2n) is 7.02. The summed E-state index contributed by atoms with van der Waals surface area (Å²) in [5.41, 5.74) is 2.43. The van der Waals surface area contributed by atoms with Crippen molar-refractivity contribution in [2.75, 3.05) is 26.2 Å². The van der Waals surface area contributed by atoms with Crippen LogP contribution in [0.2, 0.25) is 5.15 Å². The zero-order chi connectivity index (χ0) is 18.2. The van der Waals surface area contributed by atoms with Crippen LogP contribution in [0.5, 0.6) is 0 Å². The number of halogens is 2. The molecule has 0 unspecified atom stereocenters. The van der Waals surface area contributed by atoms with Gasteiger partial charge >= 0.3 is 0 Å². The molecule has 0 bridgehead atoms. The van der Waals surface area contributed by atoms with E-state index in [-0.39, 0.29) is 25.4 Å². The van der Waals surface area contributed by atoms with Crippen LogP contribution in [0.15, 0.2) is 41.5 Å². The second kappa shape index (κ2) is 12.9. The monoisotopic (exact) mass is 426 g/mol. The fourth-order valence-electron chi connectivity index (χ4n) is 3.44. The van der Waals surface area contributed by atoms with Crippen molar-refractivity contribution < 1.29 is 0 Å². The van der Waals surface area contributed by atoms with Crippen molar-refractivity contribution in [2.24, 2.45) is 0 Å². The van der Waals surface area contributed by atoms with Crippen LogP contribution in [0.4, 0.5) is 0 Å². The van der Waals surface area contributed by atoms with Crippen LogP contribution in [-0.2, 0) is 13.1 Å². The SMILES string of the molecule is C.Cl.Clc1ccc(CN2CCCC2)cn1.O=c1ccc(CN2CCCC2)c[nH]1. The lowest BCUT2D eigenvalue weighted by molar-refractivity contribution is 0.331. The Kier molecular flexibility index (Phi) is 11.4. The van der Waals surface area contributed by atoms with Gasteiger partial charge in [-0.05, 0) is 69.1 Å². The maximum atomic E-state index is 10.8. The van der Waals surface area contributed by atoms with E-state index in [1.165, 1.54) is 63.0 Å². The number of rotatable bonds is 4. The number of nitrogens with one attached hydrogen (secondary N) is 1. The number of pyridine rings is 2. The third-order valence-corrected chi connectivity index (χ3v) is 5.07. The lowest BCUT2D eigenvalue weighted by atomic mass is 10.3. The van der Waals surface area contributed by atoms with E-state index in [2.05, 4.69) is 19.8 Å². The number of aromatic amines is 1. The van der Waals surface area contributed by atoms with Crippen LogP contribution in [0.3, 0.4) is 0 Å². The van der Waals surface area contributed by atoms with Crippen molar-refractivity contribution in [1.29, 1.82) is 0 Å². The predicted molar refractivity (Wildman–Crippen MR) is 119 cm³/mol. The largest absolute Gasteiger partial charge is 0.329 e. The second-order valence-corrected chi connectivity index (χ2v) is 7.40. The van der Waals surface area contributed by atoms with E-state index in [1.807, 2.05) is 24.4 Å². The van der Waals surface area contributed by atoms with Crippen molar-refractivity contribution in [3.63, 3.8) is 0 Å². The Morgan fingerprint density at radius 2 is 1.43 bits per heavy atom. The smallest absolute Gasteiger partial charge is 0.247 e. The highest BCUT2D eigenvalue weighted by Crippen LogP contribution is 2.13. The normalized spacial score (nSPS) is 16.6. The molecule has 2 fully saturated rings. The molecule has 0 amide bonds. The first-order valence-electron chi connectivity index (χ1n) is 9.42. The highest BCUT2D eigenvalue weighted by molar-refractivity contribution is 6.29. The minimum Gasteiger partial charge on any atom is -0.329 e. The summed E-state index contributed by atoms with van der Waals surface area (Å²) in [6.07, 6.45) is 8.95. The van der Waals surface area contributed by atoms with Crippen LogP contribution in [-0.4, -0.2) is 45.9 Å². The average Bonchev–Trinajstić information content (AvgIpc) is 3.34. The molecule has 4 rings (SSSR count). The van der Waals surface area contributed by atoms with Crippen LogP contribution in [0.1, 0.15) is 44.2 Å². The van der Waals surface area contributed by atoms with Gasteiger partial charge in [-0.1, -0.05) is 31.2 Å². The summed E-state index contributed by atoms with van der Waals surface area (Å²) < 4.78 is 0. The lowest BCUT2D eigenvalue weighted by Gasteiger charge is -2.13. The van der Waals surface area contributed by atoms with E-state index in [0.29, 0.717) is 5.15 Å². The van der Waals surface area contributed by atoms with Crippen LogP contribution < -0.4 is 5.56 Å². The summed E-state index contributed by atoms with van der Waals surface area (Å²) in [6, 6.07) is 7.39. The summed E-state index contributed by atoms with van der Waals surface area (Å²) in [4.78, 5) is 22.4. The molecule has 156 valence electrons. The number of aromatic nitrogens is 2. The van der Waals surface area contributed by atoms with Crippen molar-refractivity contribution in [3.05, 3.63) is 63.3 Å². The maximum absolute atomic E-state index is 10.8. The third kappa shape index (κ3) is 8.31. The molecule has 2 aromatic rings. The van der Waals surface area contributed by atoms with Crippen LogP contribution in [0, 0.1) is 0 Å². The van der Waals surface area contributed by atoms with Gasteiger partial charge in [0.15, 0.2) is 0 Å². The van der Waals surface area contributed by atoms with Crippen LogP contribution in [0.25, 0.3) is 0 Å². The molecule has 0 aliphatic carbocycles. The molecular formula is C21H32Cl2N4O. The molecule has 7 heteroatoms. The molecule has 2 aliphatic heterocycles. The molecule has 0 radical (unpaired) electrons. The Labute approximate surface area is 179 Å². The highest BCUT2D eigenvalue weighted by atomic mass is 35.5. The molecular weight excluding hydrogens is 395 g/mol. The molecule has 0 atom stereocenters. The van der Waals surface area contributed by atoms with Gasteiger partial charge in [-0.15, -0.1) is 12.4 Å². The zero-order valence-corrected chi connectivity index (χ0v) is 17.1. The molecule has 4 heterocycles. The summed E-state index contributed by atoms with van der Waals surface area (Å²) in [6.45, 7) is 6.82. The third-order valence-electron chi connectivity index (χ3n) is 4.85. The van der Waals surface area contributed by atoms with Gasteiger partial charge in [-0.2, -0.15) is 0 Å². The fourth-order valence-corrected chi connectivity index (χ4v) is 3.55. The number of hydrogen-bond donors (Lipinski definition) is 1. The van der Waals surface area contributed by atoms with E-state index in [0.717, 1.165) is 13.1 Å². The van der Waals surface area contributed by atoms with Gasteiger partial charge in [0.2, 0.25) is 5.56 Å². The van der Waals surface area contributed by atoms with E-state index >= 15 is 0 Å². The van der Waals surface area contributed by atoms with Gasteiger partial charge in [0, 0.05) is 31.5 Å². The predicted octanol–water partition coefficient (Wildman–Crippen LogP) is 4.36. The minimum absolute atomic E-state index is 0. The highest BCUT2D eigenvalue weighted by Gasteiger charge is 2.12. The van der Waals surface area contributed by atoms with E-state index in [9.17, 15) is 4.79 Å². The molecule has 28 heavy (non-hydrogen) atoms. The Hall–Kier alpha value is -1.40. The first kappa shape index (κ1) is 24.6. The summed E-state index contributed by atoms with van der Waals surface area (Å²) in [5, 5.41) is 0.574. The molecule has 0 spiro atoms. The topological polar surface area (TPSA) is 52.2 Å². The molecule has 5 nitrogen and oxygen atoms in total. The quantitative estimate of drug-likeness (QED) is 0.737. The molecule has 2 saturated heterocycles. The minimum atomic E-state index is -0.0230. The first-order valence-corrected chi connectivity index (χ1v) is 9.79. The van der Waals surface area contributed by atoms with Crippen molar-refractivity contribution >= 4 is 24.0 Å². The van der Waals surface area contributed by atoms with Crippen molar-refractivity contribution in [2.45, 2.75) is 46.2 Å². The Balaban J connectivity index is 0.000000261. The van der Waals surface area contributed by atoms with Gasteiger partial charge in [0.25, 0.3) is 0 Å². The van der Waals surface area contributed by atoms with Crippen LogP contribution >= 0.6 is 24.0 Å². The average molecular weight is 427 g/mol. The van der Waals surface area contributed by atoms with Gasteiger partial charge in [-0.25, -0.2) is 4.98 Å². The Morgan fingerprint density at radius 3 is 1.89 bits per heavy atom. The molecule has 1 N–H and O–H groups in total. The van der Waals surface area contributed by atoms with Crippen molar-refractivity contribution in [1.82, 2.24) is 19.8 Å². The number of nitrogens with zero attached hydrogens (tertiary/aromatic N) is 3. The lowest BCUT2D eigenvalue weighted by Crippen LogP contribution is -2.19. The summed E-state index contributed by atoms with van der Waals surface area (Å²) >= 11 is 5.70. The zero-order valence-electron chi connectivity index (χ0n) is 15.6. The van der Waals surface area contributed by atoms with Gasteiger partial charge in [0.05, 0.1) is 0 Å².